The summed E-state index contributed by atoms with van der Waals surface area (Å²) in [4.78, 5) is 12.9. The lowest BCUT2D eigenvalue weighted by Crippen LogP contribution is -1.92. The number of aryl methyl sites for hydroxylation is 1. The van der Waals surface area contributed by atoms with Crippen LogP contribution in [0.5, 0.6) is 0 Å². The highest BCUT2D eigenvalue weighted by Gasteiger charge is 2.20. The van der Waals surface area contributed by atoms with Crippen molar-refractivity contribution < 1.29 is 8.30 Å². The van der Waals surface area contributed by atoms with Gasteiger partial charge < -0.3 is 10.2 Å². The van der Waals surface area contributed by atoms with Gasteiger partial charge >= 0.3 is 0 Å². The lowest BCUT2D eigenvalue weighted by Gasteiger charge is -2.05. The van der Waals surface area contributed by atoms with Crippen molar-refractivity contribution in [2.24, 2.45) is 0 Å². The molecule has 6 nitrogen and oxygen atoms in total. The van der Waals surface area contributed by atoms with Crippen LogP contribution in [0, 0.1) is 6.92 Å². The number of nitrogens with zero attached hydrogens (tertiary/aromatic N) is 4. The molecule has 0 unspecified atom stereocenters. The smallest absolute Gasteiger partial charge is 0.228 e. The molecule has 3 heterocycles. The molecule has 8 heteroatoms. The average molecular weight is 341 g/mol. The predicted octanol–water partition coefficient (Wildman–Crippen LogP) is 4.02. The summed E-state index contributed by atoms with van der Waals surface area (Å²) in [6, 6.07) is 7.34. The molecule has 0 radical (unpaired) electrons. The summed E-state index contributed by atoms with van der Waals surface area (Å²) in [6.07, 6.45) is 4.55. The Balaban J connectivity index is 2.06. The molecule has 0 aliphatic rings. The van der Waals surface area contributed by atoms with Crippen molar-refractivity contribution >= 4 is 29.1 Å². The first kappa shape index (κ1) is 14.7. The van der Waals surface area contributed by atoms with E-state index in [2.05, 4.69) is 15.0 Å². The first-order valence-electron chi connectivity index (χ1n) is 7.11. The number of aromatic nitrogens is 4. The molecule has 0 fully saturated rings. The van der Waals surface area contributed by atoms with Crippen molar-refractivity contribution in [3.63, 3.8) is 0 Å². The summed E-state index contributed by atoms with van der Waals surface area (Å²) in [5, 5.41) is 0.662. The van der Waals surface area contributed by atoms with Crippen molar-refractivity contribution in [2.45, 2.75) is 6.92 Å². The number of rotatable bonds is 3. The summed E-state index contributed by atoms with van der Waals surface area (Å²) < 4.78 is 20.2. The molecule has 24 heavy (non-hydrogen) atoms. The van der Waals surface area contributed by atoms with Gasteiger partial charge in [-0.2, -0.15) is 0 Å². The molecular weight excluding hydrogens is 329 g/mol. The van der Waals surface area contributed by atoms with Gasteiger partial charge in [-0.05, 0) is 19.1 Å². The summed E-state index contributed by atoms with van der Waals surface area (Å²) in [5.74, 6) is 0.394. The Labute approximate surface area is 141 Å². The number of benzene rings is 1. The molecule has 120 valence electrons. The average Bonchev–Trinajstić information content (AvgIpc) is 3.18. The maximum Gasteiger partial charge on any atom is 0.228 e. The second-order valence-electron chi connectivity index (χ2n) is 5.28. The minimum atomic E-state index is 0.0599. The zero-order valence-corrected chi connectivity index (χ0v) is 13.4. The maximum atomic E-state index is 13.3. The van der Waals surface area contributed by atoms with E-state index in [1.165, 1.54) is 10.3 Å². The Morgan fingerprint density at radius 2 is 2.17 bits per heavy atom. The van der Waals surface area contributed by atoms with E-state index in [1.807, 2.05) is 25.1 Å². The number of hydrogen-bond acceptors (Lipinski definition) is 6. The van der Waals surface area contributed by atoms with Crippen LogP contribution < -0.4 is 5.73 Å². The number of anilines is 1. The molecule has 3 aromatic heterocycles. The third-order valence-corrected chi connectivity index (χ3v) is 4.06. The third kappa shape index (κ3) is 2.31. The summed E-state index contributed by atoms with van der Waals surface area (Å²) in [5.41, 5.74) is 9.76. The van der Waals surface area contributed by atoms with E-state index in [0.29, 0.717) is 33.9 Å². The van der Waals surface area contributed by atoms with Gasteiger partial charge in [0.05, 0.1) is 22.3 Å². The summed E-state index contributed by atoms with van der Waals surface area (Å²) >= 11 is 0.0599. The van der Waals surface area contributed by atoms with Crippen molar-refractivity contribution in [3.05, 3.63) is 48.7 Å². The molecule has 1 aromatic carbocycles. The lowest BCUT2D eigenvalue weighted by molar-refractivity contribution is 0.574. The van der Waals surface area contributed by atoms with Crippen LogP contribution in [-0.2, 0) is 0 Å². The molecule has 0 saturated carbocycles. The minimum Gasteiger partial charge on any atom is -0.444 e. The van der Waals surface area contributed by atoms with Crippen LogP contribution in [0.25, 0.3) is 33.7 Å². The fraction of sp³-hybridized carbons (Fsp3) is 0.0625. The molecule has 4 rings (SSSR count). The van der Waals surface area contributed by atoms with Crippen LogP contribution in [0.3, 0.4) is 0 Å². The monoisotopic (exact) mass is 341 g/mol. The minimum absolute atomic E-state index is 0.0599. The van der Waals surface area contributed by atoms with Gasteiger partial charge in [0.25, 0.3) is 0 Å². The van der Waals surface area contributed by atoms with Crippen LogP contribution in [0.2, 0.25) is 0 Å². The van der Waals surface area contributed by atoms with Gasteiger partial charge in [0.2, 0.25) is 5.89 Å². The Morgan fingerprint density at radius 1 is 1.29 bits per heavy atom. The van der Waals surface area contributed by atoms with Gasteiger partial charge in [-0.25, -0.2) is 18.9 Å². The molecule has 2 N–H and O–H groups in total. The molecular formula is C16H12FN5OS. The first-order valence-corrected chi connectivity index (χ1v) is 7.78. The van der Waals surface area contributed by atoms with Gasteiger partial charge in [0.15, 0.2) is 18.0 Å². The van der Waals surface area contributed by atoms with Gasteiger partial charge in [-0.1, -0.05) is 12.1 Å². The van der Waals surface area contributed by atoms with Crippen LogP contribution in [0.4, 0.5) is 9.57 Å². The van der Waals surface area contributed by atoms with E-state index in [4.69, 9.17) is 10.2 Å². The molecule has 0 aliphatic carbocycles. The SMILES string of the molecule is Cc1coc(-c2cn(SF)c3ncnc(-c4cccc(N)c4)c23)n1. The first-order chi connectivity index (χ1) is 11.7. The largest absolute Gasteiger partial charge is 0.444 e. The zero-order valence-electron chi connectivity index (χ0n) is 12.6. The number of nitrogens with two attached hydrogens (primary N) is 1. The molecule has 0 aliphatic heterocycles. The number of nitrogen functional groups attached to an aromatic ring is 1. The Morgan fingerprint density at radius 3 is 2.88 bits per heavy atom. The normalized spacial score (nSPS) is 11.2. The van der Waals surface area contributed by atoms with Gasteiger partial charge in [-0.3, -0.25) is 0 Å². The second kappa shape index (κ2) is 5.64. The van der Waals surface area contributed by atoms with Crippen molar-refractivity contribution in [1.29, 1.82) is 0 Å². The lowest BCUT2D eigenvalue weighted by atomic mass is 10.1. The quantitative estimate of drug-likeness (QED) is 0.567. The Kier molecular flexibility index (Phi) is 3.46. The second-order valence-corrected chi connectivity index (χ2v) is 5.81. The predicted molar refractivity (Wildman–Crippen MR) is 91.7 cm³/mol. The highest BCUT2D eigenvalue weighted by Crippen LogP contribution is 2.37. The van der Waals surface area contributed by atoms with E-state index in [9.17, 15) is 3.89 Å². The van der Waals surface area contributed by atoms with Gasteiger partial charge in [-0.15, -0.1) is 3.89 Å². The molecule has 4 aromatic rings. The highest BCUT2D eigenvalue weighted by molar-refractivity contribution is 7.92. The van der Waals surface area contributed by atoms with E-state index in [-0.39, 0.29) is 12.3 Å². The van der Waals surface area contributed by atoms with E-state index >= 15 is 0 Å². The van der Waals surface area contributed by atoms with Crippen LogP contribution in [0.1, 0.15) is 5.69 Å². The fourth-order valence-corrected chi connectivity index (χ4v) is 2.98. The van der Waals surface area contributed by atoms with E-state index in [1.54, 1.807) is 18.5 Å². The Bertz CT molecular complexity index is 1040. The number of fused-ring (bicyclic) bond motifs is 1. The van der Waals surface area contributed by atoms with Gasteiger partial charge in [0.1, 0.15) is 12.6 Å². The number of hydrogen-bond donors (Lipinski definition) is 1. The summed E-state index contributed by atoms with van der Waals surface area (Å²) in [6.45, 7) is 1.82. The fourth-order valence-electron chi connectivity index (χ4n) is 2.63. The van der Waals surface area contributed by atoms with Crippen molar-refractivity contribution in [2.75, 3.05) is 5.73 Å². The maximum absolute atomic E-state index is 13.3. The van der Waals surface area contributed by atoms with Crippen LogP contribution in [-0.4, -0.2) is 18.9 Å². The van der Waals surface area contributed by atoms with Gasteiger partial charge in [0, 0.05) is 17.4 Å². The molecule has 0 saturated heterocycles. The third-order valence-electron chi connectivity index (χ3n) is 3.64. The zero-order chi connectivity index (χ0) is 16.7. The molecule has 0 spiro atoms. The van der Waals surface area contributed by atoms with Crippen molar-refractivity contribution in [1.82, 2.24) is 18.9 Å². The highest BCUT2D eigenvalue weighted by atomic mass is 32.2. The summed E-state index contributed by atoms with van der Waals surface area (Å²) in [7, 11) is 0. The van der Waals surface area contributed by atoms with E-state index in [0.717, 1.165) is 11.3 Å². The Hall–Kier alpha value is -2.87. The number of oxazole rings is 1. The topological polar surface area (TPSA) is 82.8 Å². The molecule has 0 bridgehead atoms. The van der Waals surface area contributed by atoms with Crippen LogP contribution in [0.15, 0.2) is 47.5 Å². The van der Waals surface area contributed by atoms with E-state index < -0.39 is 0 Å². The standard InChI is InChI=1S/C16H12FN5OS/c1-9-7-23-16(21-9)12-6-22(24-17)15-13(12)14(19-8-20-15)10-3-2-4-11(18)5-10/h2-8H,18H2,1H3. The van der Waals surface area contributed by atoms with Crippen LogP contribution >= 0.6 is 12.3 Å². The van der Waals surface area contributed by atoms with Crippen molar-refractivity contribution in [3.8, 4) is 22.7 Å². The molecule has 0 amide bonds. The number of halogens is 1. The molecule has 0 atom stereocenters.